The van der Waals surface area contributed by atoms with Crippen LogP contribution in [-0.4, -0.2) is 28.7 Å². The lowest BCUT2D eigenvalue weighted by Gasteiger charge is -2.14. The van der Waals surface area contributed by atoms with Crippen LogP contribution in [0.2, 0.25) is 0 Å². The largest absolute Gasteiger partial charge is 0.294 e. The van der Waals surface area contributed by atoms with Crippen molar-refractivity contribution < 1.29 is 14.8 Å². The van der Waals surface area contributed by atoms with Crippen LogP contribution in [0.4, 0.5) is 0 Å². The Balaban J connectivity index is 3.50. The summed E-state index contributed by atoms with van der Waals surface area (Å²) in [5.74, 6) is 4.21. The molecule has 0 aromatic carbocycles. The van der Waals surface area contributed by atoms with Crippen molar-refractivity contribution in [2.75, 3.05) is 6.54 Å². The Bertz CT molecular complexity index is 210. The van der Waals surface area contributed by atoms with Gasteiger partial charge in [-0.05, 0) is 12.8 Å². The molecule has 0 saturated heterocycles. The number of carbonyl (C=O) groups is 2. The van der Waals surface area contributed by atoms with Crippen LogP contribution in [0.5, 0.6) is 0 Å². The number of hydrazine groups is 2. The standard InChI is InChI=1S/C8H18N4O3/c1-2-10-12(15)8(14)6-4-3-5-7(13)11-9/h10,15H,2-6,9H2,1H3,(H,11,13). The number of carbonyl (C=O) groups excluding carboxylic acids is 2. The maximum Gasteiger partial charge on any atom is 0.261 e. The molecule has 2 amide bonds. The monoisotopic (exact) mass is 218 g/mol. The second-order valence-corrected chi connectivity index (χ2v) is 2.99. The first-order chi connectivity index (χ1) is 7.11. The van der Waals surface area contributed by atoms with E-state index in [9.17, 15) is 9.59 Å². The first kappa shape index (κ1) is 13.8. The van der Waals surface area contributed by atoms with Gasteiger partial charge in [0.15, 0.2) is 0 Å². The van der Waals surface area contributed by atoms with E-state index in [-0.39, 0.29) is 18.7 Å². The Morgan fingerprint density at radius 2 is 1.93 bits per heavy atom. The highest BCUT2D eigenvalue weighted by Gasteiger charge is 2.09. The molecule has 88 valence electrons. The second-order valence-electron chi connectivity index (χ2n) is 2.99. The highest BCUT2D eigenvalue weighted by molar-refractivity contribution is 5.75. The third kappa shape index (κ3) is 6.83. The van der Waals surface area contributed by atoms with Crippen LogP contribution >= 0.6 is 0 Å². The van der Waals surface area contributed by atoms with Gasteiger partial charge in [0.2, 0.25) is 5.91 Å². The SMILES string of the molecule is CCNN(O)C(=O)CCCCC(=O)NN. The van der Waals surface area contributed by atoms with Crippen LogP contribution in [0.3, 0.4) is 0 Å². The smallest absolute Gasteiger partial charge is 0.261 e. The van der Waals surface area contributed by atoms with E-state index in [0.29, 0.717) is 24.6 Å². The summed E-state index contributed by atoms with van der Waals surface area (Å²) >= 11 is 0. The molecular formula is C8H18N4O3. The van der Waals surface area contributed by atoms with Gasteiger partial charge in [-0.1, -0.05) is 6.92 Å². The molecule has 0 spiro atoms. The topological polar surface area (TPSA) is 108 Å². The fraction of sp³-hybridized carbons (Fsp3) is 0.750. The van der Waals surface area contributed by atoms with Crippen molar-refractivity contribution in [3.63, 3.8) is 0 Å². The van der Waals surface area contributed by atoms with Gasteiger partial charge in [-0.3, -0.25) is 20.2 Å². The predicted octanol–water partition coefficient (Wildman–Crippen LogP) is -0.721. The molecule has 0 aromatic rings. The van der Waals surface area contributed by atoms with Crippen molar-refractivity contribution in [1.29, 1.82) is 0 Å². The fourth-order valence-corrected chi connectivity index (χ4v) is 0.978. The molecular weight excluding hydrogens is 200 g/mol. The van der Waals surface area contributed by atoms with Gasteiger partial charge in [0.25, 0.3) is 5.91 Å². The minimum Gasteiger partial charge on any atom is -0.294 e. The lowest BCUT2D eigenvalue weighted by atomic mass is 10.2. The number of amides is 2. The number of hydrogen-bond acceptors (Lipinski definition) is 5. The quantitative estimate of drug-likeness (QED) is 0.148. The summed E-state index contributed by atoms with van der Waals surface area (Å²) in [6, 6.07) is 0. The van der Waals surface area contributed by atoms with Gasteiger partial charge in [0.05, 0.1) is 0 Å². The number of unbranched alkanes of at least 4 members (excludes halogenated alkanes) is 1. The number of hydroxylamine groups is 1. The summed E-state index contributed by atoms with van der Waals surface area (Å²) in [5.41, 5.74) is 4.45. The summed E-state index contributed by atoms with van der Waals surface area (Å²) in [6.07, 6.45) is 1.58. The molecule has 0 saturated carbocycles. The molecule has 0 bridgehead atoms. The maximum absolute atomic E-state index is 11.1. The van der Waals surface area contributed by atoms with Crippen LogP contribution in [0.1, 0.15) is 32.6 Å². The molecule has 0 atom stereocenters. The normalized spacial score (nSPS) is 9.80. The number of nitrogens with one attached hydrogen (secondary N) is 2. The zero-order valence-electron chi connectivity index (χ0n) is 8.82. The minimum atomic E-state index is -0.412. The van der Waals surface area contributed by atoms with Crippen LogP contribution < -0.4 is 16.7 Å². The van der Waals surface area contributed by atoms with E-state index in [4.69, 9.17) is 11.0 Å². The number of rotatable bonds is 7. The average molecular weight is 218 g/mol. The summed E-state index contributed by atoms with van der Waals surface area (Å²) in [6.45, 7) is 2.24. The van der Waals surface area contributed by atoms with Crippen molar-refractivity contribution in [2.45, 2.75) is 32.6 Å². The Kier molecular flexibility index (Phi) is 7.51. The Hall–Kier alpha value is -1.18. The minimum absolute atomic E-state index is 0.196. The van der Waals surface area contributed by atoms with Crippen molar-refractivity contribution in [2.24, 2.45) is 5.84 Å². The molecule has 7 heteroatoms. The third-order valence-electron chi connectivity index (χ3n) is 1.75. The maximum atomic E-state index is 11.1. The van der Waals surface area contributed by atoms with Gasteiger partial charge in [0, 0.05) is 19.4 Å². The zero-order valence-corrected chi connectivity index (χ0v) is 8.82. The second kappa shape index (κ2) is 8.16. The van der Waals surface area contributed by atoms with E-state index in [1.807, 2.05) is 5.43 Å². The van der Waals surface area contributed by atoms with E-state index in [1.54, 1.807) is 6.92 Å². The van der Waals surface area contributed by atoms with Gasteiger partial charge in [0.1, 0.15) is 0 Å². The summed E-state index contributed by atoms with van der Waals surface area (Å²) in [4.78, 5) is 21.8. The van der Waals surface area contributed by atoms with Crippen molar-refractivity contribution in [1.82, 2.24) is 16.0 Å². The molecule has 0 aliphatic rings. The molecule has 15 heavy (non-hydrogen) atoms. The first-order valence-corrected chi connectivity index (χ1v) is 4.86. The highest BCUT2D eigenvalue weighted by Crippen LogP contribution is 2.01. The molecule has 0 rings (SSSR count). The van der Waals surface area contributed by atoms with Crippen LogP contribution in [0.25, 0.3) is 0 Å². The third-order valence-corrected chi connectivity index (χ3v) is 1.75. The lowest BCUT2D eigenvalue weighted by molar-refractivity contribution is -0.179. The van der Waals surface area contributed by atoms with Crippen LogP contribution in [0.15, 0.2) is 0 Å². The molecule has 0 fully saturated rings. The first-order valence-electron chi connectivity index (χ1n) is 4.86. The number of nitrogens with zero attached hydrogens (tertiary/aromatic N) is 1. The Labute approximate surface area is 88.5 Å². The molecule has 0 aromatic heterocycles. The van der Waals surface area contributed by atoms with Crippen LogP contribution in [0, 0.1) is 0 Å². The van der Waals surface area contributed by atoms with Crippen LogP contribution in [-0.2, 0) is 9.59 Å². The molecule has 0 radical (unpaired) electrons. The molecule has 7 nitrogen and oxygen atoms in total. The van der Waals surface area contributed by atoms with Crippen molar-refractivity contribution in [3.05, 3.63) is 0 Å². The average Bonchev–Trinajstić information content (AvgIpc) is 2.23. The van der Waals surface area contributed by atoms with Gasteiger partial charge in [-0.15, -0.1) is 0 Å². The molecule has 0 heterocycles. The van der Waals surface area contributed by atoms with Crippen molar-refractivity contribution in [3.8, 4) is 0 Å². The van der Waals surface area contributed by atoms with E-state index < -0.39 is 5.91 Å². The summed E-state index contributed by atoms with van der Waals surface area (Å²) < 4.78 is 0. The molecule has 0 unspecified atom stereocenters. The molecule has 0 aliphatic carbocycles. The summed E-state index contributed by atoms with van der Waals surface area (Å²) in [7, 11) is 0. The molecule has 5 N–H and O–H groups in total. The predicted molar refractivity (Wildman–Crippen MR) is 53.1 cm³/mol. The Morgan fingerprint density at radius 1 is 1.33 bits per heavy atom. The van der Waals surface area contributed by atoms with E-state index >= 15 is 0 Å². The van der Waals surface area contributed by atoms with Gasteiger partial charge < -0.3 is 0 Å². The number of nitrogens with two attached hydrogens (primary N) is 1. The molecule has 0 aliphatic heterocycles. The summed E-state index contributed by atoms with van der Waals surface area (Å²) in [5, 5.41) is 9.52. The lowest BCUT2D eigenvalue weighted by Crippen LogP contribution is -2.39. The fourth-order valence-electron chi connectivity index (χ4n) is 0.978. The van der Waals surface area contributed by atoms with Gasteiger partial charge in [-0.2, -0.15) is 5.17 Å². The van der Waals surface area contributed by atoms with E-state index in [1.165, 1.54) is 0 Å². The number of hydrogen-bond donors (Lipinski definition) is 4. The van der Waals surface area contributed by atoms with Gasteiger partial charge >= 0.3 is 0 Å². The van der Waals surface area contributed by atoms with E-state index in [2.05, 4.69) is 5.43 Å². The highest BCUT2D eigenvalue weighted by atomic mass is 16.6. The van der Waals surface area contributed by atoms with Gasteiger partial charge in [-0.25, -0.2) is 11.3 Å². The van der Waals surface area contributed by atoms with Crippen molar-refractivity contribution >= 4 is 11.8 Å². The zero-order chi connectivity index (χ0) is 11.7. The Morgan fingerprint density at radius 3 is 2.47 bits per heavy atom. The van der Waals surface area contributed by atoms with E-state index in [0.717, 1.165) is 0 Å².